The average Bonchev–Trinajstić information content (AvgIpc) is 2.51. The van der Waals surface area contributed by atoms with Crippen molar-refractivity contribution in [3.63, 3.8) is 0 Å². The molecule has 4 heteroatoms. The lowest BCUT2D eigenvalue weighted by Gasteiger charge is -2.12. The highest BCUT2D eigenvalue weighted by atomic mass is 16.2. The standard InChI is InChI=1S/C16H10B2O2/c19-17-13-5-9-1-2-10-6-14(18-20)8-12-4-3-11(7-13)15(9)16(10)12/h1-8,19-20H. The molecule has 0 amide bonds. The van der Waals surface area contributed by atoms with Crippen LogP contribution in [0.1, 0.15) is 0 Å². The average molecular weight is 256 g/mol. The third kappa shape index (κ3) is 1.56. The van der Waals surface area contributed by atoms with E-state index in [1.54, 1.807) is 0 Å². The van der Waals surface area contributed by atoms with Gasteiger partial charge in [-0.25, -0.2) is 0 Å². The minimum Gasteiger partial charge on any atom is -0.450 e. The Morgan fingerprint density at radius 3 is 1.10 bits per heavy atom. The van der Waals surface area contributed by atoms with Crippen molar-refractivity contribution in [3.05, 3.63) is 48.5 Å². The van der Waals surface area contributed by atoms with Crippen LogP contribution in [0.15, 0.2) is 48.5 Å². The first-order valence-corrected chi connectivity index (χ1v) is 6.47. The molecule has 4 rings (SSSR count). The predicted molar refractivity (Wildman–Crippen MR) is 85.4 cm³/mol. The van der Waals surface area contributed by atoms with Crippen molar-refractivity contribution in [2.45, 2.75) is 0 Å². The van der Waals surface area contributed by atoms with Crippen LogP contribution in [-0.2, 0) is 0 Å². The molecule has 0 unspecified atom stereocenters. The van der Waals surface area contributed by atoms with Crippen molar-refractivity contribution in [3.8, 4) is 0 Å². The molecule has 0 aliphatic rings. The van der Waals surface area contributed by atoms with Crippen molar-refractivity contribution < 1.29 is 10.0 Å². The second-order valence-corrected chi connectivity index (χ2v) is 5.07. The number of hydrogen-bond donors (Lipinski definition) is 2. The van der Waals surface area contributed by atoms with E-state index in [-0.39, 0.29) is 0 Å². The lowest BCUT2D eigenvalue weighted by atomic mass is 9.81. The lowest BCUT2D eigenvalue weighted by molar-refractivity contribution is 0.615. The monoisotopic (exact) mass is 256 g/mol. The van der Waals surface area contributed by atoms with Gasteiger partial charge in [-0.2, -0.15) is 0 Å². The summed E-state index contributed by atoms with van der Waals surface area (Å²) in [6.07, 6.45) is 0. The van der Waals surface area contributed by atoms with Crippen LogP contribution in [0.3, 0.4) is 0 Å². The summed E-state index contributed by atoms with van der Waals surface area (Å²) in [4.78, 5) is 0. The quantitative estimate of drug-likeness (QED) is 0.415. The molecule has 2 N–H and O–H groups in total. The summed E-state index contributed by atoms with van der Waals surface area (Å²) in [6.45, 7) is 0. The summed E-state index contributed by atoms with van der Waals surface area (Å²) < 4.78 is 0. The van der Waals surface area contributed by atoms with Crippen molar-refractivity contribution in [2.24, 2.45) is 0 Å². The van der Waals surface area contributed by atoms with E-state index < -0.39 is 0 Å². The Balaban J connectivity index is 2.24. The number of rotatable bonds is 2. The Bertz CT molecular complexity index is 790. The van der Waals surface area contributed by atoms with Crippen molar-refractivity contribution in [1.82, 2.24) is 0 Å². The minimum absolute atomic E-state index is 0.806. The largest absolute Gasteiger partial charge is 0.450 e. The zero-order chi connectivity index (χ0) is 13.7. The maximum Gasteiger partial charge on any atom is 0.326 e. The van der Waals surface area contributed by atoms with Gasteiger partial charge in [0.15, 0.2) is 0 Å². The SMILES string of the molecule is O[B]c1cc2ccc3cc([B]O)cc4ccc(c1)c2c34. The zero-order valence-corrected chi connectivity index (χ0v) is 10.7. The smallest absolute Gasteiger partial charge is 0.326 e. The normalized spacial score (nSPS) is 11.5. The molecule has 0 spiro atoms. The Morgan fingerprint density at radius 2 is 0.850 bits per heavy atom. The molecule has 0 atom stereocenters. The molecule has 2 nitrogen and oxygen atoms in total. The Morgan fingerprint density at radius 1 is 0.550 bits per heavy atom. The van der Waals surface area contributed by atoms with Gasteiger partial charge in [0.05, 0.1) is 0 Å². The van der Waals surface area contributed by atoms with Crippen LogP contribution >= 0.6 is 0 Å². The van der Waals surface area contributed by atoms with Gasteiger partial charge in [-0.15, -0.1) is 0 Å². The third-order valence-electron chi connectivity index (χ3n) is 3.88. The first-order valence-electron chi connectivity index (χ1n) is 6.47. The van der Waals surface area contributed by atoms with Gasteiger partial charge in [-0.05, 0) is 32.3 Å². The van der Waals surface area contributed by atoms with Gasteiger partial charge in [0.2, 0.25) is 0 Å². The van der Waals surface area contributed by atoms with Gasteiger partial charge in [-0.3, -0.25) is 0 Å². The number of hydrogen-bond acceptors (Lipinski definition) is 2. The van der Waals surface area contributed by atoms with E-state index in [1.165, 1.54) is 10.8 Å². The second-order valence-electron chi connectivity index (χ2n) is 5.07. The maximum atomic E-state index is 9.23. The summed E-state index contributed by atoms with van der Waals surface area (Å²) in [5, 5.41) is 25.3. The Labute approximate surface area is 117 Å². The van der Waals surface area contributed by atoms with Gasteiger partial charge in [-0.1, -0.05) is 59.5 Å². The van der Waals surface area contributed by atoms with Crippen molar-refractivity contribution in [1.29, 1.82) is 0 Å². The summed E-state index contributed by atoms with van der Waals surface area (Å²) in [7, 11) is 2.26. The van der Waals surface area contributed by atoms with E-state index in [9.17, 15) is 10.0 Å². The van der Waals surface area contributed by atoms with Crippen LogP contribution in [0.4, 0.5) is 0 Å². The van der Waals surface area contributed by atoms with Crippen LogP contribution in [0, 0.1) is 0 Å². The summed E-state index contributed by atoms with van der Waals surface area (Å²) in [5.41, 5.74) is 1.61. The van der Waals surface area contributed by atoms with Gasteiger partial charge >= 0.3 is 15.0 Å². The maximum absolute atomic E-state index is 9.23. The molecule has 0 bridgehead atoms. The van der Waals surface area contributed by atoms with E-state index in [0.717, 1.165) is 47.4 Å². The topological polar surface area (TPSA) is 40.5 Å². The molecule has 4 aromatic rings. The highest BCUT2D eigenvalue weighted by molar-refractivity contribution is 6.48. The molecule has 2 radical (unpaired) electrons. The molecule has 0 heterocycles. The predicted octanol–water partition coefficient (Wildman–Crippen LogP) is 1.06. The Kier molecular flexibility index (Phi) is 2.49. The fraction of sp³-hybridized carbons (Fsp3) is 0. The molecule has 92 valence electrons. The fourth-order valence-corrected chi connectivity index (χ4v) is 3.03. The van der Waals surface area contributed by atoms with Gasteiger partial charge in [0.25, 0.3) is 0 Å². The van der Waals surface area contributed by atoms with Crippen LogP contribution in [-0.4, -0.2) is 25.0 Å². The first-order chi connectivity index (χ1) is 9.80. The fourth-order valence-electron chi connectivity index (χ4n) is 3.03. The molecule has 0 saturated heterocycles. The lowest BCUT2D eigenvalue weighted by Crippen LogP contribution is -2.14. The van der Waals surface area contributed by atoms with Crippen LogP contribution in [0.2, 0.25) is 0 Å². The molecule has 0 saturated carbocycles. The molecule has 0 aliphatic carbocycles. The van der Waals surface area contributed by atoms with E-state index in [2.05, 4.69) is 24.3 Å². The molecule has 0 aliphatic heterocycles. The molecular formula is C16H10B2O2. The van der Waals surface area contributed by atoms with Gasteiger partial charge < -0.3 is 10.0 Å². The zero-order valence-electron chi connectivity index (χ0n) is 10.7. The van der Waals surface area contributed by atoms with E-state index in [0.29, 0.717) is 0 Å². The van der Waals surface area contributed by atoms with Gasteiger partial charge in [0, 0.05) is 0 Å². The van der Waals surface area contributed by atoms with E-state index in [1.807, 2.05) is 24.3 Å². The molecule has 20 heavy (non-hydrogen) atoms. The van der Waals surface area contributed by atoms with Crippen LogP contribution < -0.4 is 10.9 Å². The van der Waals surface area contributed by atoms with Gasteiger partial charge in [0.1, 0.15) is 0 Å². The summed E-state index contributed by atoms with van der Waals surface area (Å²) in [5.74, 6) is 0. The molecular weight excluding hydrogens is 246 g/mol. The van der Waals surface area contributed by atoms with Crippen molar-refractivity contribution in [2.75, 3.05) is 0 Å². The third-order valence-corrected chi connectivity index (χ3v) is 3.88. The first kappa shape index (κ1) is 11.8. The molecule has 0 aromatic heterocycles. The van der Waals surface area contributed by atoms with E-state index in [4.69, 9.17) is 0 Å². The highest BCUT2D eigenvalue weighted by Gasteiger charge is 2.10. The highest BCUT2D eigenvalue weighted by Crippen LogP contribution is 2.33. The molecule has 0 fully saturated rings. The molecule has 4 aromatic carbocycles. The van der Waals surface area contributed by atoms with Crippen LogP contribution in [0.5, 0.6) is 0 Å². The Hall–Kier alpha value is -2.03. The number of benzene rings is 4. The van der Waals surface area contributed by atoms with Crippen molar-refractivity contribution >= 4 is 58.2 Å². The van der Waals surface area contributed by atoms with E-state index >= 15 is 0 Å². The minimum atomic E-state index is 0.806. The second kappa shape index (κ2) is 4.23. The van der Waals surface area contributed by atoms with Crippen LogP contribution in [0.25, 0.3) is 32.3 Å². The summed E-state index contributed by atoms with van der Waals surface area (Å²) in [6, 6.07) is 16.1. The summed E-state index contributed by atoms with van der Waals surface area (Å²) >= 11 is 0.